The summed E-state index contributed by atoms with van der Waals surface area (Å²) in [6, 6.07) is 11.9. The van der Waals surface area contributed by atoms with E-state index in [9.17, 15) is 8.42 Å². The predicted molar refractivity (Wildman–Crippen MR) is 105 cm³/mol. The Balaban J connectivity index is 1.59. The Labute approximate surface area is 158 Å². The van der Waals surface area contributed by atoms with Crippen LogP contribution >= 0.6 is 0 Å². The first-order valence-electron chi connectivity index (χ1n) is 8.81. The number of anilines is 3. The lowest BCUT2D eigenvalue weighted by Gasteiger charge is -2.31. The van der Waals surface area contributed by atoms with Crippen molar-refractivity contribution in [1.29, 1.82) is 0 Å². The number of aryl methyl sites for hydroxylation is 3. The van der Waals surface area contributed by atoms with Crippen LogP contribution in [0.1, 0.15) is 23.4 Å². The van der Waals surface area contributed by atoms with Crippen molar-refractivity contribution < 1.29 is 8.42 Å². The number of aromatic amines is 1. The van der Waals surface area contributed by atoms with E-state index in [0.717, 1.165) is 25.1 Å². The fraction of sp³-hybridized carbons (Fsp3) is 0.263. The minimum atomic E-state index is -3.74. The van der Waals surface area contributed by atoms with Gasteiger partial charge in [0, 0.05) is 12.2 Å². The molecule has 0 atom stereocenters. The molecule has 3 aromatic rings. The molecule has 0 aliphatic carbocycles. The summed E-state index contributed by atoms with van der Waals surface area (Å²) >= 11 is 0. The Kier molecular flexibility index (Phi) is 4.35. The number of hydrogen-bond donors (Lipinski definition) is 2. The number of fused-ring (bicyclic) bond motifs is 1. The fourth-order valence-corrected chi connectivity index (χ4v) is 4.91. The number of nitrogens with zero attached hydrogens (tertiary/aromatic N) is 3. The lowest BCUT2D eigenvalue weighted by molar-refractivity contribution is 0.600. The minimum Gasteiger partial charge on any atom is -0.340 e. The molecular weight excluding hydrogens is 362 g/mol. The molecule has 0 saturated carbocycles. The second-order valence-corrected chi connectivity index (χ2v) is 8.27. The Bertz CT molecular complexity index is 1050. The van der Waals surface area contributed by atoms with Gasteiger partial charge in [-0.3, -0.25) is 9.82 Å². The van der Waals surface area contributed by atoms with E-state index in [0.29, 0.717) is 11.4 Å². The smallest absolute Gasteiger partial charge is 0.266 e. The SMILES string of the molecule is Cc1n[nH]c(C)c1S(=O)(=O)Nc1ccc(N2CCCc3ccccc32)cn1. The summed E-state index contributed by atoms with van der Waals surface area (Å²) in [5.74, 6) is 0.282. The Morgan fingerprint density at radius 2 is 1.96 bits per heavy atom. The van der Waals surface area contributed by atoms with Crippen molar-refractivity contribution in [2.45, 2.75) is 31.6 Å². The molecule has 1 aliphatic heterocycles. The van der Waals surface area contributed by atoms with E-state index in [1.807, 2.05) is 12.1 Å². The summed E-state index contributed by atoms with van der Waals surface area (Å²) in [4.78, 5) is 6.70. The van der Waals surface area contributed by atoms with Gasteiger partial charge in [0.1, 0.15) is 10.7 Å². The summed E-state index contributed by atoms with van der Waals surface area (Å²) in [6.07, 6.45) is 3.85. The third kappa shape index (κ3) is 3.28. The maximum atomic E-state index is 12.6. The largest absolute Gasteiger partial charge is 0.340 e. The van der Waals surface area contributed by atoms with Crippen LogP contribution in [0.2, 0.25) is 0 Å². The molecule has 7 nitrogen and oxygen atoms in total. The Morgan fingerprint density at radius 1 is 1.15 bits per heavy atom. The van der Waals surface area contributed by atoms with Gasteiger partial charge in [-0.25, -0.2) is 13.4 Å². The van der Waals surface area contributed by atoms with Gasteiger partial charge in [0.25, 0.3) is 10.0 Å². The first kappa shape index (κ1) is 17.5. The standard InChI is InChI=1S/C19H21N5O2S/c1-13-19(14(2)22-21-13)27(25,26)23-18-10-9-16(12-20-18)24-11-5-7-15-6-3-4-8-17(15)24/h3-4,6,8-10,12H,5,7,11H2,1-2H3,(H,20,23)(H,21,22). The van der Waals surface area contributed by atoms with Crippen LogP contribution in [-0.4, -0.2) is 30.1 Å². The molecule has 0 bridgehead atoms. The van der Waals surface area contributed by atoms with Crippen molar-refractivity contribution in [2.24, 2.45) is 0 Å². The van der Waals surface area contributed by atoms with E-state index >= 15 is 0 Å². The van der Waals surface area contributed by atoms with Gasteiger partial charge in [0.05, 0.1) is 23.3 Å². The third-order valence-electron chi connectivity index (χ3n) is 4.74. The highest BCUT2D eigenvalue weighted by molar-refractivity contribution is 7.92. The minimum absolute atomic E-state index is 0.165. The average molecular weight is 383 g/mol. The molecule has 4 rings (SSSR count). The zero-order chi connectivity index (χ0) is 19.0. The zero-order valence-electron chi connectivity index (χ0n) is 15.2. The number of nitrogens with one attached hydrogen (secondary N) is 2. The highest BCUT2D eigenvalue weighted by Crippen LogP contribution is 2.33. The van der Waals surface area contributed by atoms with E-state index in [2.05, 4.69) is 43.0 Å². The second-order valence-electron chi connectivity index (χ2n) is 6.65. The predicted octanol–water partition coefficient (Wildman–Crippen LogP) is 3.31. The molecule has 8 heteroatoms. The molecule has 27 heavy (non-hydrogen) atoms. The van der Waals surface area contributed by atoms with Crippen molar-refractivity contribution in [3.63, 3.8) is 0 Å². The highest BCUT2D eigenvalue weighted by Gasteiger charge is 2.23. The van der Waals surface area contributed by atoms with Gasteiger partial charge < -0.3 is 4.90 Å². The first-order chi connectivity index (χ1) is 13.0. The third-order valence-corrected chi connectivity index (χ3v) is 6.35. The Morgan fingerprint density at radius 3 is 2.67 bits per heavy atom. The quantitative estimate of drug-likeness (QED) is 0.721. The second kappa shape index (κ2) is 6.70. The molecule has 2 aromatic heterocycles. The molecule has 2 N–H and O–H groups in total. The maximum Gasteiger partial charge on any atom is 0.266 e. The molecular formula is C19H21N5O2S. The van der Waals surface area contributed by atoms with Crippen molar-refractivity contribution in [2.75, 3.05) is 16.2 Å². The summed E-state index contributed by atoms with van der Waals surface area (Å²) < 4.78 is 27.8. The van der Waals surface area contributed by atoms with Crippen LogP contribution in [0.5, 0.6) is 0 Å². The van der Waals surface area contributed by atoms with Crippen molar-refractivity contribution in [3.05, 3.63) is 59.5 Å². The van der Waals surface area contributed by atoms with Gasteiger partial charge in [-0.05, 0) is 50.5 Å². The molecule has 0 saturated heterocycles. The number of para-hydroxylation sites is 1. The first-order valence-corrected chi connectivity index (χ1v) is 10.3. The number of sulfonamides is 1. The number of pyridine rings is 1. The molecule has 0 amide bonds. The van der Waals surface area contributed by atoms with Gasteiger partial charge in [-0.15, -0.1) is 0 Å². The van der Waals surface area contributed by atoms with Crippen LogP contribution < -0.4 is 9.62 Å². The molecule has 0 radical (unpaired) electrons. The maximum absolute atomic E-state index is 12.6. The molecule has 0 spiro atoms. The van der Waals surface area contributed by atoms with Crippen LogP contribution in [0.15, 0.2) is 47.5 Å². The molecule has 3 heterocycles. The normalized spacial score (nSPS) is 14.1. The number of H-pyrrole nitrogens is 1. The van der Waals surface area contributed by atoms with Crippen LogP contribution in [0.25, 0.3) is 0 Å². The van der Waals surface area contributed by atoms with Gasteiger partial charge in [0.2, 0.25) is 0 Å². The van der Waals surface area contributed by atoms with Crippen LogP contribution in [0.4, 0.5) is 17.2 Å². The van der Waals surface area contributed by atoms with Crippen molar-refractivity contribution >= 4 is 27.2 Å². The van der Waals surface area contributed by atoms with E-state index < -0.39 is 10.0 Å². The number of aromatic nitrogens is 3. The molecule has 140 valence electrons. The van der Waals surface area contributed by atoms with E-state index in [-0.39, 0.29) is 10.7 Å². The van der Waals surface area contributed by atoms with E-state index in [1.54, 1.807) is 26.1 Å². The Hall–Kier alpha value is -2.87. The van der Waals surface area contributed by atoms with Gasteiger partial charge >= 0.3 is 0 Å². The fourth-order valence-electron chi connectivity index (χ4n) is 3.53. The van der Waals surface area contributed by atoms with Crippen LogP contribution in [-0.2, 0) is 16.4 Å². The number of benzene rings is 1. The monoisotopic (exact) mass is 383 g/mol. The summed E-state index contributed by atoms with van der Waals surface area (Å²) in [6.45, 7) is 4.25. The van der Waals surface area contributed by atoms with Gasteiger partial charge in [-0.1, -0.05) is 18.2 Å². The van der Waals surface area contributed by atoms with Crippen molar-refractivity contribution in [1.82, 2.24) is 15.2 Å². The lowest BCUT2D eigenvalue weighted by Crippen LogP contribution is -2.24. The van der Waals surface area contributed by atoms with Crippen LogP contribution in [0, 0.1) is 13.8 Å². The summed E-state index contributed by atoms with van der Waals surface area (Å²) in [5.41, 5.74) is 4.38. The highest BCUT2D eigenvalue weighted by atomic mass is 32.2. The van der Waals surface area contributed by atoms with Crippen molar-refractivity contribution in [3.8, 4) is 0 Å². The molecule has 1 aliphatic rings. The molecule has 0 fully saturated rings. The average Bonchev–Trinajstić information content (AvgIpc) is 3.01. The van der Waals surface area contributed by atoms with E-state index in [1.165, 1.54) is 11.3 Å². The van der Waals surface area contributed by atoms with Gasteiger partial charge in [0.15, 0.2) is 0 Å². The molecule has 0 unspecified atom stereocenters. The van der Waals surface area contributed by atoms with E-state index in [4.69, 9.17) is 0 Å². The number of rotatable bonds is 4. The lowest BCUT2D eigenvalue weighted by atomic mass is 10.0. The number of hydrogen-bond acceptors (Lipinski definition) is 5. The molecule has 1 aromatic carbocycles. The van der Waals surface area contributed by atoms with Gasteiger partial charge in [-0.2, -0.15) is 5.10 Å². The zero-order valence-corrected chi connectivity index (χ0v) is 16.0. The topological polar surface area (TPSA) is 91.0 Å². The summed E-state index contributed by atoms with van der Waals surface area (Å²) in [7, 11) is -3.74. The summed E-state index contributed by atoms with van der Waals surface area (Å²) in [5, 5.41) is 6.64. The van der Waals surface area contributed by atoms with Crippen LogP contribution in [0.3, 0.4) is 0 Å².